The predicted molar refractivity (Wildman–Crippen MR) is 67.4 cm³/mol. The summed E-state index contributed by atoms with van der Waals surface area (Å²) in [7, 11) is 1.56. The molecule has 1 aromatic heterocycles. The summed E-state index contributed by atoms with van der Waals surface area (Å²) < 4.78 is 19.8. The van der Waals surface area contributed by atoms with E-state index in [1.54, 1.807) is 14.0 Å². The van der Waals surface area contributed by atoms with Crippen molar-refractivity contribution in [3.05, 3.63) is 34.9 Å². The number of ether oxygens (including phenoxy) is 1. The number of esters is 1. The highest BCUT2D eigenvalue weighted by atomic mass is 35.5. The molecule has 1 aromatic carbocycles. The SMILES string of the molecule is CCOC(=O)c1nc(-c2cc(Cl)ccc2F)n(C)n1. The number of aromatic nitrogens is 3. The maximum atomic E-state index is 13.7. The van der Waals surface area contributed by atoms with Gasteiger partial charge >= 0.3 is 5.97 Å². The number of carbonyl (C=O) groups is 1. The monoisotopic (exact) mass is 283 g/mol. The van der Waals surface area contributed by atoms with Gasteiger partial charge in [-0.3, -0.25) is 0 Å². The molecule has 0 atom stereocenters. The van der Waals surface area contributed by atoms with Gasteiger partial charge in [0.1, 0.15) is 5.82 Å². The lowest BCUT2D eigenvalue weighted by Crippen LogP contribution is -2.07. The summed E-state index contributed by atoms with van der Waals surface area (Å²) >= 11 is 5.82. The summed E-state index contributed by atoms with van der Waals surface area (Å²) in [5.74, 6) is -1.04. The average Bonchev–Trinajstić information content (AvgIpc) is 2.75. The summed E-state index contributed by atoms with van der Waals surface area (Å²) in [6, 6.07) is 4.09. The first-order chi connectivity index (χ1) is 9.02. The smallest absolute Gasteiger partial charge is 0.378 e. The Balaban J connectivity index is 2.46. The fourth-order valence-corrected chi connectivity index (χ4v) is 1.74. The molecule has 0 radical (unpaired) electrons. The van der Waals surface area contributed by atoms with Crippen molar-refractivity contribution in [1.29, 1.82) is 0 Å². The molecule has 0 saturated carbocycles. The van der Waals surface area contributed by atoms with E-state index in [0.29, 0.717) is 5.02 Å². The van der Waals surface area contributed by atoms with Crippen LogP contribution in [0, 0.1) is 5.82 Å². The van der Waals surface area contributed by atoms with Crippen molar-refractivity contribution in [3.8, 4) is 11.4 Å². The van der Waals surface area contributed by atoms with Gasteiger partial charge in [-0.15, -0.1) is 5.10 Å². The topological polar surface area (TPSA) is 57.0 Å². The molecule has 0 aliphatic carbocycles. The van der Waals surface area contributed by atoms with Crippen molar-refractivity contribution in [1.82, 2.24) is 14.8 Å². The molecule has 7 heteroatoms. The standard InChI is InChI=1S/C12H11ClFN3O2/c1-3-19-12(18)10-15-11(17(2)16-10)8-6-7(13)4-5-9(8)14/h4-6H,3H2,1-2H3. The highest BCUT2D eigenvalue weighted by molar-refractivity contribution is 6.30. The lowest BCUT2D eigenvalue weighted by atomic mass is 10.2. The van der Waals surface area contributed by atoms with Crippen molar-refractivity contribution in [2.45, 2.75) is 6.92 Å². The Labute approximate surface area is 114 Å². The molecule has 0 aliphatic rings. The van der Waals surface area contributed by atoms with Crippen LogP contribution in [0.1, 0.15) is 17.5 Å². The predicted octanol–water partition coefficient (Wildman–Crippen LogP) is 2.45. The second-order valence-electron chi connectivity index (χ2n) is 3.73. The maximum Gasteiger partial charge on any atom is 0.378 e. The molecule has 5 nitrogen and oxygen atoms in total. The minimum absolute atomic E-state index is 0.112. The second kappa shape index (κ2) is 5.36. The number of hydrogen-bond acceptors (Lipinski definition) is 4. The second-order valence-corrected chi connectivity index (χ2v) is 4.16. The quantitative estimate of drug-likeness (QED) is 0.812. The van der Waals surface area contributed by atoms with E-state index in [0.717, 1.165) is 0 Å². The summed E-state index contributed by atoms with van der Waals surface area (Å²) in [6.07, 6.45) is 0. The fourth-order valence-electron chi connectivity index (χ4n) is 1.57. The van der Waals surface area contributed by atoms with Gasteiger partial charge in [0.15, 0.2) is 5.82 Å². The highest BCUT2D eigenvalue weighted by Crippen LogP contribution is 2.24. The van der Waals surface area contributed by atoms with Gasteiger partial charge in [0.2, 0.25) is 0 Å². The zero-order valence-electron chi connectivity index (χ0n) is 10.4. The zero-order chi connectivity index (χ0) is 14.0. The minimum Gasteiger partial charge on any atom is -0.460 e. The van der Waals surface area contributed by atoms with Gasteiger partial charge < -0.3 is 4.74 Å². The van der Waals surface area contributed by atoms with Gasteiger partial charge in [0.05, 0.1) is 12.2 Å². The van der Waals surface area contributed by atoms with Crippen LogP contribution in [0.4, 0.5) is 4.39 Å². The van der Waals surface area contributed by atoms with Crippen LogP contribution in [0.2, 0.25) is 5.02 Å². The molecule has 1 heterocycles. The van der Waals surface area contributed by atoms with Crippen LogP contribution >= 0.6 is 11.6 Å². The Hall–Kier alpha value is -1.95. The number of benzene rings is 1. The molecule has 0 fully saturated rings. The van der Waals surface area contributed by atoms with Crippen LogP contribution in [0.15, 0.2) is 18.2 Å². The fraction of sp³-hybridized carbons (Fsp3) is 0.250. The van der Waals surface area contributed by atoms with Crippen LogP contribution in [0.5, 0.6) is 0 Å². The van der Waals surface area contributed by atoms with Crippen molar-refractivity contribution >= 4 is 17.6 Å². The van der Waals surface area contributed by atoms with Crippen LogP contribution < -0.4 is 0 Å². The van der Waals surface area contributed by atoms with Gasteiger partial charge in [0.25, 0.3) is 5.82 Å². The molecule has 0 saturated heterocycles. The average molecular weight is 284 g/mol. The molecule has 0 bridgehead atoms. The highest BCUT2D eigenvalue weighted by Gasteiger charge is 2.19. The lowest BCUT2D eigenvalue weighted by molar-refractivity contribution is 0.0512. The van der Waals surface area contributed by atoms with E-state index in [2.05, 4.69) is 10.1 Å². The Bertz CT molecular complexity index is 627. The number of carbonyl (C=O) groups excluding carboxylic acids is 1. The molecule has 0 N–H and O–H groups in total. The molecular weight excluding hydrogens is 273 g/mol. The Morgan fingerprint density at radius 3 is 2.95 bits per heavy atom. The van der Waals surface area contributed by atoms with Gasteiger partial charge in [-0.2, -0.15) is 0 Å². The molecule has 2 rings (SSSR count). The Morgan fingerprint density at radius 1 is 1.53 bits per heavy atom. The van der Waals surface area contributed by atoms with E-state index in [9.17, 15) is 9.18 Å². The van der Waals surface area contributed by atoms with Crippen molar-refractivity contribution in [3.63, 3.8) is 0 Å². The minimum atomic E-state index is -0.646. The van der Waals surface area contributed by atoms with E-state index < -0.39 is 11.8 Å². The van der Waals surface area contributed by atoms with Crippen molar-refractivity contribution in [2.24, 2.45) is 7.05 Å². The third-order valence-electron chi connectivity index (χ3n) is 2.39. The molecule has 0 amide bonds. The van der Waals surface area contributed by atoms with Gasteiger partial charge in [-0.05, 0) is 25.1 Å². The van der Waals surface area contributed by atoms with E-state index in [-0.39, 0.29) is 23.8 Å². The number of halogens is 2. The number of rotatable bonds is 3. The van der Waals surface area contributed by atoms with Crippen molar-refractivity contribution < 1.29 is 13.9 Å². The first-order valence-corrected chi connectivity index (χ1v) is 5.94. The lowest BCUT2D eigenvalue weighted by Gasteiger charge is -2.02. The molecule has 0 aliphatic heterocycles. The summed E-state index contributed by atoms with van der Waals surface area (Å²) in [5.41, 5.74) is 0.179. The Morgan fingerprint density at radius 2 is 2.26 bits per heavy atom. The van der Waals surface area contributed by atoms with Crippen LogP contribution in [0.25, 0.3) is 11.4 Å². The van der Waals surface area contributed by atoms with E-state index >= 15 is 0 Å². The van der Waals surface area contributed by atoms with Crippen LogP contribution in [-0.2, 0) is 11.8 Å². The van der Waals surface area contributed by atoms with Crippen molar-refractivity contribution in [2.75, 3.05) is 6.61 Å². The van der Waals surface area contributed by atoms with Gasteiger partial charge in [-0.25, -0.2) is 18.9 Å². The molecule has 19 heavy (non-hydrogen) atoms. The Kier molecular flexibility index (Phi) is 3.80. The van der Waals surface area contributed by atoms with E-state index in [4.69, 9.17) is 16.3 Å². The maximum absolute atomic E-state index is 13.7. The summed E-state index contributed by atoms with van der Waals surface area (Å²) in [4.78, 5) is 15.5. The molecule has 0 spiro atoms. The zero-order valence-corrected chi connectivity index (χ0v) is 11.1. The molecule has 100 valence electrons. The first-order valence-electron chi connectivity index (χ1n) is 5.56. The van der Waals surface area contributed by atoms with Gasteiger partial charge in [-0.1, -0.05) is 11.6 Å². The molecule has 2 aromatic rings. The third-order valence-corrected chi connectivity index (χ3v) is 2.63. The van der Waals surface area contributed by atoms with Crippen LogP contribution in [0.3, 0.4) is 0 Å². The normalized spacial score (nSPS) is 10.5. The number of nitrogens with zero attached hydrogens (tertiary/aromatic N) is 3. The number of hydrogen-bond donors (Lipinski definition) is 0. The first kappa shape index (κ1) is 13.5. The van der Waals surface area contributed by atoms with E-state index in [1.807, 2.05) is 0 Å². The largest absolute Gasteiger partial charge is 0.460 e. The van der Waals surface area contributed by atoms with Gasteiger partial charge in [0, 0.05) is 12.1 Å². The molecular formula is C12H11ClFN3O2. The van der Waals surface area contributed by atoms with E-state index in [1.165, 1.54) is 22.9 Å². The summed E-state index contributed by atoms with van der Waals surface area (Å²) in [6.45, 7) is 1.90. The number of aryl methyl sites for hydroxylation is 1. The summed E-state index contributed by atoms with van der Waals surface area (Å²) in [5, 5.41) is 4.27. The van der Waals surface area contributed by atoms with Crippen LogP contribution in [-0.4, -0.2) is 27.3 Å². The third kappa shape index (κ3) is 2.73. The molecule has 0 unspecified atom stereocenters.